The normalized spacial score (nSPS) is 20.4. The van der Waals surface area contributed by atoms with Crippen LogP contribution in [0.1, 0.15) is 43.0 Å². The summed E-state index contributed by atoms with van der Waals surface area (Å²) in [6, 6.07) is 7.01. The number of hydrogen-bond acceptors (Lipinski definition) is 3. The van der Waals surface area contributed by atoms with E-state index in [1.807, 2.05) is 0 Å². The van der Waals surface area contributed by atoms with Crippen LogP contribution in [0.25, 0.3) is 0 Å². The fourth-order valence-corrected chi connectivity index (χ4v) is 2.94. The van der Waals surface area contributed by atoms with Crippen molar-refractivity contribution in [2.45, 2.75) is 38.6 Å². The third-order valence-corrected chi connectivity index (χ3v) is 4.52. The van der Waals surface area contributed by atoms with Crippen molar-refractivity contribution >= 4 is 23.4 Å². The smallest absolute Gasteiger partial charge is 0.321 e. The molecule has 1 aromatic carbocycles. The van der Waals surface area contributed by atoms with E-state index in [2.05, 4.69) is 10.6 Å². The van der Waals surface area contributed by atoms with Gasteiger partial charge in [0.1, 0.15) is 0 Å². The molecule has 0 radical (unpaired) electrons. The number of likely N-dealkylation sites (tertiary alicyclic amines) is 1. The van der Waals surface area contributed by atoms with E-state index in [-0.39, 0.29) is 23.6 Å². The first-order valence-corrected chi connectivity index (χ1v) is 8.50. The summed E-state index contributed by atoms with van der Waals surface area (Å²) >= 11 is 0. The van der Waals surface area contributed by atoms with Crippen LogP contribution in [-0.2, 0) is 4.79 Å². The van der Waals surface area contributed by atoms with Gasteiger partial charge in [0, 0.05) is 30.4 Å². The lowest BCUT2D eigenvalue weighted by atomic mass is 9.97. The van der Waals surface area contributed by atoms with Crippen molar-refractivity contribution in [1.29, 1.82) is 0 Å². The van der Waals surface area contributed by atoms with E-state index < -0.39 is 0 Å². The van der Waals surface area contributed by atoms with E-state index in [0.717, 1.165) is 25.7 Å². The second-order valence-corrected chi connectivity index (χ2v) is 6.64. The van der Waals surface area contributed by atoms with Crippen LogP contribution in [0.3, 0.4) is 0 Å². The highest BCUT2D eigenvalue weighted by Gasteiger charge is 2.31. The summed E-state index contributed by atoms with van der Waals surface area (Å²) in [6.07, 6.45) is 3.77. The summed E-state index contributed by atoms with van der Waals surface area (Å²) in [5.41, 5.74) is 1.16. The lowest BCUT2D eigenvalue weighted by molar-refractivity contribution is -0.126. The van der Waals surface area contributed by atoms with Crippen LogP contribution in [0.5, 0.6) is 0 Å². The second-order valence-electron chi connectivity index (χ2n) is 6.64. The zero-order valence-electron chi connectivity index (χ0n) is 13.9. The fraction of sp³-hybridized carbons (Fsp3) is 0.500. The highest BCUT2D eigenvalue weighted by molar-refractivity contribution is 5.96. The third kappa shape index (κ3) is 4.13. The molecule has 2 fully saturated rings. The van der Waals surface area contributed by atoms with Gasteiger partial charge in [-0.25, -0.2) is 4.79 Å². The summed E-state index contributed by atoms with van der Waals surface area (Å²) in [4.78, 5) is 37.7. The largest absolute Gasteiger partial charge is 0.353 e. The molecule has 0 aromatic heterocycles. The molecular weight excluding hydrogens is 306 g/mol. The maximum absolute atomic E-state index is 12.4. The quantitative estimate of drug-likeness (QED) is 0.833. The molecule has 24 heavy (non-hydrogen) atoms. The summed E-state index contributed by atoms with van der Waals surface area (Å²) in [5, 5.41) is 5.84. The zero-order valence-corrected chi connectivity index (χ0v) is 13.9. The molecule has 1 saturated carbocycles. The molecule has 6 nitrogen and oxygen atoms in total. The number of ketones is 1. The van der Waals surface area contributed by atoms with Gasteiger partial charge in [0.25, 0.3) is 0 Å². The third-order valence-electron chi connectivity index (χ3n) is 4.52. The minimum atomic E-state index is -0.223. The van der Waals surface area contributed by atoms with Gasteiger partial charge in [-0.1, -0.05) is 12.1 Å². The molecule has 6 heteroatoms. The molecule has 1 aromatic rings. The van der Waals surface area contributed by atoms with Crippen molar-refractivity contribution in [3.8, 4) is 0 Å². The van der Waals surface area contributed by atoms with E-state index in [1.54, 1.807) is 29.2 Å². The Hall–Kier alpha value is -2.37. The van der Waals surface area contributed by atoms with Gasteiger partial charge in [-0.3, -0.25) is 9.59 Å². The standard InChI is InChI=1S/C18H23N3O3/c1-12(22)13-4-2-6-16(10-13)20-18(24)21-9-3-5-14(11-21)17(23)19-15-7-8-15/h2,4,6,10,14-15H,3,5,7-9,11H2,1H3,(H,19,23)(H,20,24). The lowest BCUT2D eigenvalue weighted by Crippen LogP contribution is -2.47. The number of carbonyl (C=O) groups is 3. The number of benzene rings is 1. The predicted molar refractivity (Wildman–Crippen MR) is 90.9 cm³/mol. The predicted octanol–water partition coefficient (Wildman–Crippen LogP) is 2.41. The molecule has 1 aliphatic heterocycles. The van der Waals surface area contributed by atoms with E-state index in [9.17, 15) is 14.4 Å². The molecule has 1 unspecified atom stereocenters. The average molecular weight is 329 g/mol. The molecule has 1 atom stereocenters. The van der Waals surface area contributed by atoms with Gasteiger partial charge in [-0.05, 0) is 44.7 Å². The highest BCUT2D eigenvalue weighted by atomic mass is 16.2. The van der Waals surface area contributed by atoms with E-state index >= 15 is 0 Å². The van der Waals surface area contributed by atoms with Gasteiger partial charge in [0.2, 0.25) is 5.91 Å². The van der Waals surface area contributed by atoms with Crippen LogP contribution in [0.4, 0.5) is 10.5 Å². The first-order valence-electron chi connectivity index (χ1n) is 8.50. The van der Waals surface area contributed by atoms with Crippen molar-refractivity contribution in [3.63, 3.8) is 0 Å². The number of hydrogen-bond donors (Lipinski definition) is 2. The van der Waals surface area contributed by atoms with Gasteiger partial charge >= 0.3 is 6.03 Å². The van der Waals surface area contributed by atoms with E-state index in [1.165, 1.54) is 6.92 Å². The minimum Gasteiger partial charge on any atom is -0.353 e. The molecule has 2 aliphatic rings. The molecule has 0 bridgehead atoms. The van der Waals surface area contributed by atoms with E-state index in [4.69, 9.17) is 0 Å². The number of anilines is 1. The fourth-order valence-electron chi connectivity index (χ4n) is 2.94. The molecule has 1 heterocycles. The Balaban J connectivity index is 1.58. The molecule has 0 spiro atoms. The van der Waals surface area contributed by atoms with Gasteiger partial charge in [-0.2, -0.15) is 0 Å². The second kappa shape index (κ2) is 7.03. The van der Waals surface area contributed by atoms with Gasteiger partial charge < -0.3 is 15.5 Å². The monoisotopic (exact) mass is 329 g/mol. The number of amides is 3. The molecule has 1 saturated heterocycles. The Morgan fingerprint density at radius 1 is 1.17 bits per heavy atom. The van der Waals surface area contributed by atoms with Gasteiger partial charge in [-0.15, -0.1) is 0 Å². The summed E-state index contributed by atoms with van der Waals surface area (Å²) < 4.78 is 0. The molecule has 3 amide bonds. The Bertz CT molecular complexity index is 655. The number of carbonyl (C=O) groups excluding carboxylic acids is 3. The number of nitrogens with one attached hydrogen (secondary N) is 2. The maximum atomic E-state index is 12.4. The van der Waals surface area contributed by atoms with E-state index in [0.29, 0.717) is 30.4 Å². The molecule has 3 rings (SSSR count). The summed E-state index contributed by atoms with van der Waals surface area (Å²) in [7, 11) is 0. The van der Waals surface area contributed by atoms with Crippen molar-refractivity contribution < 1.29 is 14.4 Å². The molecule has 128 valence electrons. The minimum absolute atomic E-state index is 0.0408. The number of Topliss-reactive ketones (excluding diaryl/α,β-unsaturated/α-hetero) is 1. The zero-order chi connectivity index (χ0) is 17.1. The van der Waals surface area contributed by atoms with Crippen LogP contribution < -0.4 is 10.6 Å². The van der Waals surface area contributed by atoms with Gasteiger partial charge in [0.05, 0.1) is 5.92 Å². The summed E-state index contributed by atoms with van der Waals surface area (Å²) in [6.45, 7) is 2.58. The van der Waals surface area contributed by atoms with Crippen LogP contribution in [-0.4, -0.2) is 41.8 Å². The Kier molecular flexibility index (Phi) is 4.83. The topological polar surface area (TPSA) is 78.5 Å². The van der Waals surface area contributed by atoms with Crippen LogP contribution in [0.15, 0.2) is 24.3 Å². The van der Waals surface area contributed by atoms with Crippen LogP contribution in [0, 0.1) is 5.92 Å². The first-order chi connectivity index (χ1) is 11.5. The van der Waals surface area contributed by atoms with Crippen LogP contribution in [0.2, 0.25) is 0 Å². The highest BCUT2D eigenvalue weighted by Crippen LogP contribution is 2.22. The Labute approximate surface area is 141 Å². The van der Waals surface area contributed by atoms with Crippen molar-refractivity contribution in [2.24, 2.45) is 5.92 Å². The number of rotatable bonds is 4. The molecule has 1 aliphatic carbocycles. The molecular formula is C18H23N3O3. The van der Waals surface area contributed by atoms with Crippen molar-refractivity contribution in [1.82, 2.24) is 10.2 Å². The Morgan fingerprint density at radius 2 is 1.96 bits per heavy atom. The van der Waals surface area contributed by atoms with Crippen molar-refractivity contribution in [3.05, 3.63) is 29.8 Å². The Morgan fingerprint density at radius 3 is 2.67 bits per heavy atom. The van der Waals surface area contributed by atoms with Crippen LogP contribution >= 0.6 is 0 Å². The maximum Gasteiger partial charge on any atom is 0.321 e. The molecule has 2 N–H and O–H groups in total. The number of piperidine rings is 1. The van der Waals surface area contributed by atoms with Gasteiger partial charge in [0.15, 0.2) is 5.78 Å². The summed E-state index contributed by atoms with van der Waals surface area (Å²) in [5.74, 6) is -0.108. The van der Waals surface area contributed by atoms with Crippen molar-refractivity contribution in [2.75, 3.05) is 18.4 Å². The average Bonchev–Trinajstić information content (AvgIpc) is 3.39. The number of nitrogens with zero attached hydrogens (tertiary/aromatic N) is 1. The number of urea groups is 1. The lowest BCUT2D eigenvalue weighted by Gasteiger charge is -2.32. The first kappa shape index (κ1) is 16.5. The SMILES string of the molecule is CC(=O)c1cccc(NC(=O)N2CCCC(C(=O)NC3CC3)C2)c1.